The molecule has 4 nitrogen and oxygen atoms in total. The lowest BCUT2D eigenvalue weighted by atomic mass is 9.67. The van der Waals surface area contributed by atoms with Crippen molar-refractivity contribution in [1.29, 1.82) is 0 Å². The lowest BCUT2D eigenvalue weighted by Crippen LogP contribution is -2.41. The quantitative estimate of drug-likeness (QED) is 0.625. The molecule has 0 unspecified atom stereocenters. The lowest BCUT2D eigenvalue weighted by Gasteiger charge is -2.32. The number of rotatable bonds is 4. The van der Waals surface area contributed by atoms with Crippen molar-refractivity contribution in [2.24, 2.45) is 0 Å². The van der Waals surface area contributed by atoms with Gasteiger partial charge in [-0.1, -0.05) is 13.0 Å². The van der Waals surface area contributed by atoms with Gasteiger partial charge in [-0.25, -0.2) is 0 Å². The van der Waals surface area contributed by atoms with Crippen molar-refractivity contribution in [2.75, 3.05) is 0 Å². The van der Waals surface area contributed by atoms with E-state index < -0.39 is 18.3 Å². The van der Waals surface area contributed by atoms with Crippen molar-refractivity contribution in [2.45, 2.75) is 58.1 Å². The fraction of sp³-hybridized carbons (Fsp3) is 0.600. The molecule has 1 saturated heterocycles. The van der Waals surface area contributed by atoms with Crippen molar-refractivity contribution in [3.63, 3.8) is 0 Å². The van der Waals surface area contributed by atoms with Crippen LogP contribution in [0.15, 0.2) is 24.4 Å². The minimum atomic E-state index is -0.514. The van der Waals surface area contributed by atoms with Gasteiger partial charge >= 0.3 is 7.12 Å². The van der Waals surface area contributed by atoms with Gasteiger partial charge in [-0.15, -0.1) is 0 Å². The smallest absolute Gasteiger partial charge is 0.403 e. The van der Waals surface area contributed by atoms with E-state index in [1.807, 2.05) is 40.7 Å². The van der Waals surface area contributed by atoms with Crippen molar-refractivity contribution < 1.29 is 14.1 Å². The summed E-state index contributed by atoms with van der Waals surface area (Å²) in [6, 6.07) is 5.35. The fourth-order valence-corrected chi connectivity index (χ4v) is 2.25. The molecule has 2 heterocycles. The molecule has 5 heteroatoms. The molecule has 2 rings (SSSR count). The Labute approximate surface area is 121 Å². The highest BCUT2D eigenvalue weighted by Gasteiger charge is 2.54. The Morgan fingerprint density at radius 3 is 2.30 bits per heavy atom. The zero-order valence-electron chi connectivity index (χ0n) is 12.8. The summed E-state index contributed by atoms with van der Waals surface area (Å²) in [5.74, 6) is -0.349. The third-order valence-electron chi connectivity index (χ3n) is 4.29. The Balaban J connectivity index is 2.21. The van der Waals surface area contributed by atoms with E-state index in [9.17, 15) is 4.79 Å². The molecule has 1 atom stereocenters. The molecule has 0 radical (unpaired) electrons. The second kappa shape index (κ2) is 5.30. The van der Waals surface area contributed by atoms with E-state index in [1.165, 1.54) is 0 Å². The summed E-state index contributed by atoms with van der Waals surface area (Å²) in [5, 5.41) is 0. The molecule has 0 saturated carbocycles. The van der Waals surface area contributed by atoms with Crippen LogP contribution in [0.4, 0.5) is 0 Å². The van der Waals surface area contributed by atoms with Gasteiger partial charge in [-0.3, -0.25) is 9.78 Å². The van der Waals surface area contributed by atoms with E-state index in [0.717, 1.165) is 0 Å². The van der Waals surface area contributed by atoms with Crippen LogP contribution in [-0.2, 0) is 9.31 Å². The summed E-state index contributed by atoms with van der Waals surface area (Å²) in [4.78, 5) is 16.7. The third-order valence-corrected chi connectivity index (χ3v) is 4.29. The minimum absolute atomic E-state index is 0.0217. The van der Waals surface area contributed by atoms with Crippen LogP contribution >= 0.6 is 0 Å². The number of pyridine rings is 1. The van der Waals surface area contributed by atoms with E-state index in [1.54, 1.807) is 18.3 Å². The maximum absolute atomic E-state index is 12.6. The Morgan fingerprint density at radius 2 is 1.85 bits per heavy atom. The second-order valence-electron chi connectivity index (χ2n) is 6.22. The average Bonchev–Trinajstić information content (AvgIpc) is 2.60. The SMILES string of the molecule is CC[C@H](B1OC(C)(C)C(C)(C)O1)C(=O)c1ccccn1. The Morgan fingerprint density at radius 1 is 1.25 bits per heavy atom. The van der Waals surface area contributed by atoms with Gasteiger partial charge in [0.2, 0.25) is 0 Å². The monoisotopic (exact) mass is 275 g/mol. The Kier molecular flexibility index (Phi) is 4.03. The zero-order valence-corrected chi connectivity index (χ0v) is 12.8. The zero-order chi connectivity index (χ0) is 15.0. The van der Waals surface area contributed by atoms with Gasteiger partial charge in [0.25, 0.3) is 0 Å². The first kappa shape index (κ1) is 15.2. The van der Waals surface area contributed by atoms with Crippen molar-refractivity contribution in [1.82, 2.24) is 4.98 Å². The summed E-state index contributed by atoms with van der Waals surface area (Å²) in [7, 11) is -0.514. The first-order valence-electron chi connectivity index (χ1n) is 7.09. The molecule has 0 N–H and O–H groups in total. The molecular weight excluding hydrogens is 253 g/mol. The van der Waals surface area contributed by atoms with E-state index in [4.69, 9.17) is 9.31 Å². The standard InChI is InChI=1S/C15H22BNO3/c1-6-11(13(18)12-9-7-8-10-17-12)16-19-14(2,3)15(4,5)20-16/h7-11H,6H2,1-5H3/t11-/m0/s1. The van der Waals surface area contributed by atoms with E-state index >= 15 is 0 Å². The fourth-order valence-electron chi connectivity index (χ4n) is 2.25. The number of hydrogen-bond donors (Lipinski definition) is 0. The average molecular weight is 275 g/mol. The topological polar surface area (TPSA) is 48.4 Å². The van der Waals surface area contributed by atoms with Crippen molar-refractivity contribution in [3.05, 3.63) is 30.1 Å². The van der Waals surface area contributed by atoms with E-state index in [-0.39, 0.29) is 11.6 Å². The third kappa shape index (κ3) is 2.65. The van der Waals surface area contributed by atoms with Gasteiger partial charge in [0.15, 0.2) is 5.78 Å². The molecule has 1 aliphatic heterocycles. The molecule has 1 aromatic heterocycles. The van der Waals surface area contributed by atoms with Crippen LogP contribution in [0.2, 0.25) is 5.82 Å². The molecule has 1 fully saturated rings. The summed E-state index contributed by atoms with van der Waals surface area (Å²) in [6.07, 6.45) is 2.29. The van der Waals surface area contributed by atoms with Gasteiger partial charge in [-0.05, 0) is 46.2 Å². The highest BCUT2D eigenvalue weighted by molar-refractivity contribution is 6.54. The molecule has 1 aliphatic rings. The maximum Gasteiger partial charge on any atom is 0.469 e. The lowest BCUT2D eigenvalue weighted by molar-refractivity contribution is 0.00578. The predicted octanol–water partition coefficient (Wildman–Crippen LogP) is 3.14. The van der Waals surface area contributed by atoms with Crippen LogP contribution < -0.4 is 0 Å². The molecule has 0 aromatic carbocycles. The molecule has 108 valence electrons. The summed E-state index contributed by atoms with van der Waals surface area (Å²) >= 11 is 0. The molecule has 1 aromatic rings. The highest BCUT2D eigenvalue weighted by Crippen LogP contribution is 2.41. The second-order valence-corrected chi connectivity index (χ2v) is 6.22. The Hall–Kier alpha value is -1.20. The van der Waals surface area contributed by atoms with Crippen LogP contribution in [0.1, 0.15) is 51.5 Å². The largest absolute Gasteiger partial charge is 0.469 e. The minimum Gasteiger partial charge on any atom is -0.403 e. The van der Waals surface area contributed by atoms with E-state index in [2.05, 4.69) is 4.98 Å². The summed E-state index contributed by atoms with van der Waals surface area (Å²) in [5.41, 5.74) is -0.376. The van der Waals surface area contributed by atoms with Crippen LogP contribution in [-0.4, -0.2) is 29.1 Å². The number of ketones is 1. The first-order valence-corrected chi connectivity index (χ1v) is 7.09. The normalized spacial score (nSPS) is 21.8. The maximum atomic E-state index is 12.6. The van der Waals surface area contributed by atoms with Gasteiger partial charge in [0, 0.05) is 6.20 Å². The van der Waals surface area contributed by atoms with Crippen LogP contribution in [0.25, 0.3) is 0 Å². The molecule has 0 bridgehead atoms. The molecule has 20 heavy (non-hydrogen) atoms. The number of carbonyl (C=O) groups excluding carboxylic acids is 1. The van der Waals surface area contributed by atoms with Crippen LogP contribution in [0.5, 0.6) is 0 Å². The van der Waals surface area contributed by atoms with Gasteiger partial charge in [0.1, 0.15) is 5.69 Å². The molecule has 0 amide bonds. The molecular formula is C15H22BNO3. The number of nitrogens with zero attached hydrogens (tertiary/aromatic N) is 1. The Bertz CT molecular complexity index is 471. The molecule has 0 aliphatic carbocycles. The van der Waals surface area contributed by atoms with Crippen LogP contribution in [0, 0.1) is 0 Å². The predicted molar refractivity (Wildman–Crippen MR) is 78.7 cm³/mol. The number of Topliss-reactive ketones (excluding diaryl/α,β-unsaturated/α-hetero) is 1. The van der Waals surface area contributed by atoms with Crippen molar-refractivity contribution >= 4 is 12.9 Å². The number of carbonyl (C=O) groups is 1. The number of aromatic nitrogens is 1. The van der Waals surface area contributed by atoms with Crippen molar-refractivity contribution in [3.8, 4) is 0 Å². The highest BCUT2D eigenvalue weighted by atomic mass is 16.7. The van der Waals surface area contributed by atoms with Crippen LogP contribution in [0.3, 0.4) is 0 Å². The number of hydrogen-bond acceptors (Lipinski definition) is 4. The molecule has 0 spiro atoms. The summed E-state index contributed by atoms with van der Waals surface area (Å²) in [6.45, 7) is 9.93. The van der Waals surface area contributed by atoms with Gasteiger partial charge in [0.05, 0.1) is 17.0 Å². The van der Waals surface area contributed by atoms with E-state index in [0.29, 0.717) is 12.1 Å². The van der Waals surface area contributed by atoms with Gasteiger partial charge < -0.3 is 9.31 Å². The first-order chi connectivity index (χ1) is 9.28. The summed E-state index contributed by atoms with van der Waals surface area (Å²) < 4.78 is 12.0. The van der Waals surface area contributed by atoms with Gasteiger partial charge in [-0.2, -0.15) is 0 Å².